The lowest BCUT2D eigenvalue weighted by Crippen LogP contribution is -2.43. The van der Waals surface area contributed by atoms with E-state index in [9.17, 15) is 14.7 Å². The van der Waals surface area contributed by atoms with Gasteiger partial charge < -0.3 is 24.6 Å². The Morgan fingerprint density at radius 2 is 1.92 bits per heavy atom. The number of ether oxygens (including phenoxy) is 3. The van der Waals surface area contributed by atoms with Crippen LogP contribution in [0.2, 0.25) is 0 Å². The topological polar surface area (TPSA) is 94.1 Å². The smallest absolute Gasteiger partial charge is 0.407 e. The molecule has 0 radical (unpaired) electrons. The molecule has 1 aliphatic carbocycles. The maximum Gasteiger partial charge on any atom is 0.407 e. The van der Waals surface area contributed by atoms with E-state index in [2.05, 4.69) is 5.32 Å². The maximum absolute atomic E-state index is 12.0. The van der Waals surface area contributed by atoms with E-state index in [1.807, 2.05) is 30.3 Å². The van der Waals surface area contributed by atoms with Crippen LogP contribution >= 0.6 is 0 Å². The van der Waals surface area contributed by atoms with Gasteiger partial charge in [0.05, 0.1) is 12.0 Å². The minimum atomic E-state index is -0.951. The molecule has 2 fully saturated rings. The highest BCUT2D eigenvalue weighted by molar-refractivity contribution is 5.73. The Morgan fingerprint density at radius 1 is 1.25 bits per heavy atom. The maximum atomic E-state index is 12.0. The molecule has 0 spiro atoms. The van der Waals surface area contributed by atoms with Gasteiger partial charge in [0.2, 0.25) is 0 Å². The van der Waals surface area contributed by atoms with E-state index in [-0.39, 0.29) is 13.0 Å². The number of carboxylic acids is 1. The number of carbonyl (C=O) groups is 2. The lowest BCUT2D eigenvalue weighted by atomic mass is 10.1. The summed E-state index contributed by atoms with van der Waals surface area (Å²) in [4.78, 5) is 23.4. The minimum Gasteiger partial charge on any atom is -0.481 e. The van der Waals surface area contributed by atoms with Crippen LogP contribution in [-0.2, 0) is 25.6 Å². The van der Waals surface area contributed by atoms with Gasteiger partial charge in [-0.05, 0) is 25.8 Å². The van der Waals surface area contributed by atoms with Crippen molar-refractivity contribution in [2.75, 3.05) is 0 Å². The van der Waals surface area contributed by atoms with Crippen molar-refractivity contribution in [3.05, 3.63) is 35.9 Å². The number of hydrogen-bond acceptors (Lipinski definition) is 5. The average Bonchev–Trinajstić information content (AvgIpc) is 3.00. The summed E-state index contributed by atoms with van der Waals surface area (Å²) < 4.78 is 16.7. The zero-order valence-corrected chi connectivity index (χ0v) is 13.6. The molecule has 0 bridgehead atoms. The predicted octanol–water partition coefficient (Wildman–Crippen LogP) is 1.91. The summed E-state index contributed by atoms with van der Waals surface area (Å²) in [5, 5.41) is 12.1. The van der Waals surface area contributed by atoms with Gasteiger partial charge in [-0.25, -0.2) is 4.79 Å². The van der Waals surface area contributed by atoms with Crippen LogP contribution in [0.3, 0.4) is 0 Å². The van der Waals surface area contributed by atoms with Gasteiger partial charge in [0.15, 0.2) is 5.79 Å². The van der Waals surface area contributed by atoms with Crippen LogP contribution in [0.5, 0.6) is 0 Å². The molecular formula is C17H21NO6. The number of amides is 1. The fourth-order valence-electron chi connectivity index (χ4n) is 3.28. The zero-order valence-electron chi connectivity index (χ0n) is 13.6. The van der Waals surface area contributed by atoms with E-state index in [4.69, 9.17) is 14.2 Å². The summed E-state index contributed by atoms with van der Waals surface area (Å²) in [5.74, 6) is -2.53. The van der Waals surface area contributed by atoms with Crippen LogP contribution in [0.15, 0.2) is 30.3 Å². The second kappa shape index (κ2) is 6.41. The first-order valence-corrected chi connectivity index (χ1v) is 7.91. The van der Waals surface area contributed by atoms with Crippen LogP contribution in [0.1, 0.15) is 25.8 Å². The highest BCUT2D eigenvalue weighted by Crippen LogP contribution is 2.41. The van der Waals surface area contributed by atoms with Gasteiger partial charge in [-0.15, -0.1) is 0 Å². The molecule has 0 aromatic heterocycles. The van der Waals surface area contributed by atoms with Crippen molar-refractivity contribution in [1.82, 2.24) is 5.32 Å². The second-order valence-corrected chi connectivity index (χ2v) is 6.56. The molecule has 0 unspecified atom stereocenters. The Morgan fingerprint density at radius 3 is 2.58 bits per heavy atom. The van der Waals surface area contributed by atoms with Gasteiger partial charge in [-0.1, -0.05) is 30.3 Å². The number of rotatable bonds is 4. The molecule has 2 aliphatic rings. The minimum absolute atomic E-state index is 0.151. The number of nitrogens with one attached hydrogen (secondary N) is 1. The normalized spacial score (nSPS) is 30.6. The van der Waals surface area contributed by atoms with Crippen LogP contribution in [0, 0.1) is 5.92 Å². The first-order chi connectivity index (χ1) is 11.4. The molecule has 1 saturated heterocycles. The molecule has 7 heteroatoms. The summed E-state index contributed by atoms with van der Waals surface area (Å²) in [6.45, 7) is 3.61. The Kier molecular flexibility index (Phi) is 4.47. The van der Waals surface area contributed by atoms with Crippen molar-refractivity contribution in [3.8, 4) is 0 Å². The van der Waals surface area contributed by atoms with E-state index in [1.165, 1.54) is 0 Å². The third kappa shape index (κ3) is 3.52. The van der Waals surface area contributed by atoms with Crippen molar-refractivity contribution in [2.45, 2.75) is 50.9 Å². The fraction of sp³-hybridized carbons (Fsp3) is 0.529. The Labute approximate surface area is 139 Å². The van der Waals surface area contributed by atoms with Gasteiger partial charge >= 0.3 is 12.1 Å². The first-order valence-electron chi connectivity index (χ1n) is 7.91. The molecule has 3 rings (SSSR count). The molecule has 2 N–H and O–H groups in total. The van der Waals surface area contributed by atoms with Crippen LogP contribution in [0.25, 0.3) is 0 Å². The van der Waals surface area contributed by atoms with Crippen molar-refractivity contribution < 1.29 is 28.9 Å². The van der Waals surface area contributed by atoms with Crippen LogP contribution in [-0.4, -0.2) is 41.2 Å². The highest BCUT2D eigenvalue weighted by atomic mass is 16.8. The molecule has 1 aliphatic heterocycles. The van der Waals surface area contributed by atoms with Gasteiger partial charge in [0, 0.05) is 0 Å². The number of carbonyl (C=O) groups excluding carboxylic acids is 1. The van der Waals surface area contributed by atoms with E-state index < -0.39 is 42.0 Å². The number of benzene rings is 1. The Balaban J connectivity index is 1.60. The largest absolute Gasteiger partial charge is 0.481 e. The van der Waals surface area contributed by atoms with E-state index in [0.29, 0.717) is 0 Å². The lowest BCUT2D eigenvalue weighted by Gasteiger charge is -2.23. The quantitative estimate of drug-likeness (QED) is 0.873. The SMILES string of the molecule is CC1(C)O[C@@H]2[C@H](O1)[C@@H](C(=O)O)C[C@H]2NC(=O)OCc1ccccc1. The van der Waals surface area contributed by atoms with Gasteiger partial charge in [0.25, 0.3) is 0 Å². The van der Waals surface area contributed by atoms with E-state index in [1.54, 1.807) is 13.8 Å². The number of fused-ring (bicyclic) bond motifs is 1. The summed E-state index contributed by atoms with van der Waals surface area (Å²) in [6.07, 6.45) is -1.41. The predicted molar refractivity (Wildman–Crippen MR) is 83.1 cm³/mol. The summed E-state index contributed by atoms with van der Waals surface area (Å²) in [6, 6.07) is 8.86. The second-order valence-electron chi connectivity index (χ2n) is 6.56. The molecule has 1 aromatic carbocycles. The molecule has 7 nitrogen and oxygen atoms in total. The molecule has 130 valence electrons. The van der Waals surface area contributed by atoms with E-state index in [0.717, 1.165) is 5.56 Å². The number of hydrogen-bond donors (Lipinski definition) is 2. The molecule has 24 heavy (non-hydrogen) atoms. The third-order valence-electron chi connectivity index (χ3n) is 4.30. The van der Waals surface area contributed by atoms with Crippen molar-refractivity contribution >= 4 is 12.1 Å². The molecule has 4 atom stereocenters. The van der Waals surface area contributed by atoms with Crippen LogP contribution in [0.4, 0.5) is 4.79 Å². The summed E-state index contributed by atoms with van der Waals surface area (Å²) in [5.41, 5.74) is 0.877. The monoisotopic (exact) mass is 335 g/mol. The van der Waals surface area contributed by atoms with E-state index >= 15 is 0 Å². The van der Waals surface area contributed by atoms with Crippen molar-refractivity contribution in [3.63, 3.8) is 0 Å². The molecule has 1 heterocycles. The summed E-state index contributed by atoms with van der Waals surface area (Å²) in [7, 11) is 0. The Bertz CT molecular complexity index is 617. The molecule has 1 saturated carbocycles. The summed E-state index contributed by atoms with van der Waals surface area (Å²) >= 11 is 0. The van der Waals surface area contributed by atoms with Gasteiger partial charge in [-0.3, -0.25) is 4.79 Å². The van der Waals surface area contributed by atoms with Crippen molar-refractivity contribution in [1.29, 1.82) is 0 Å². The number of aliphatic carboxylic acids is 1. The standard InChI is InChI=1S/C17H21NO6/c1-17(2)23-13-11(15(19)20)8-12(14(13)24-17)18-16(21)22-9-10-6-4-3-5-7-10/h3-7,11-14H,8-9H2,1-2H3,(H,18,21)(H,19,20)/t11-,12+,13+,14-/m0/s1. The van der Waals surface area contributed by atoms with Gasteiger partial charge in [0.1, 0.15) is 18.8 Å². The lowest BCUT2D eigenvalue weighted by molar-refractivity contribution is -0.166. The molecule has 1 amide bonds. The third-order valence-corrected chi connectivity index (χ3v) is 4.30. The number of carboxylic acid groups (broad SMARTS) is 1. The number of alkyl carbamates (subject to hydrolysis) is 1. The average molecular weight is 335 g/mol. The van der Waals surface area contributed by atoms with Gasteiger partial charge in [-0.2, -0.15) is 0 Å². The highest BCUT2D eigenvalue weighted by Gasteiger charge is 2.56. The molecular weight excluding hydrogens is 314 g/mol. The Hall–Kier alpha value is -2.12. The zero-order chi connectivity index (χ0) is 17.3. The van der Waals surface area contributed by atoms with Crippen LogP contribution < -0.4 is 5.32 Å². The fourth-order valence-corrected chi connectivity index (χ4v) is 3.28. The van der Waals surface area contributed by atoms with Crippen molar-refractivity contribution in [2.24, 2.45) is 5.92 Å². The molecule has 1 aromatic rings. The first kappa shape index (κ1) is 16.7.